The third-order valence-corrected chi connectivity index (χ3v) is 7.34. The molecule has 1 atom stereocenters. The standard InChI is InChI=1S/C20H26N4O3S/c25-19(22-18-10-6-8-16-7-2-3-9-17(16)18)13-23-14-20(21-15-23)28(26,27)24-11-4-1-5-12-24/h2-3,7,9,14-15,18H,1,4-6,8,10-13H2,(H,22,25)/t18-/m1/s1. The van der Waals surface area contributed by atoms with Crippen LogP contribution in [0.25, 0.3) is 0 Å². The van der Waals surface area contributed by atoms with Gasteiger partial charge in [0, 0.05) is 19.3 Å². The van der Waals surface area contributed by atoms with E-state index in [1.165, 1.54) is 28.0 Å². The summed E-state index contributed by atoms with van der Waals surface area (Å²) in [6.07, 6.45) is 8.71. The van der Waals surface area contributed by atoms with Gasteiger partial charge < -0.3 is 9.88 Å². The molecule has 1 aliphatic heterocycles. The Bertz CT molecular complexity index is 948. The molecule has 1 fully saturated rings. The zero-order chi connectivity index (χ0) is 19.6. The lowest BCUT2D eigenvalue weighted by molar-refractivity contribution is -0.122. The highest BCUT2D eigenvalue weighted by atomic mass is 32.2. The third kappa shape index (κ3) is 3.98. The summed E-state index contributed by atoms with van der Waals surface area (Å²) in [7, 11) is -3.57. The number of amides is 1. The van der Waals surface area contributed by atoms with E-state index in [1.807, 2.05) is 12.1 Å². The number of hydrogen-bond acceptors (Lipinski definition) is 4. The van der Waals surface area contributed by atoms with Crippen molar-refractivity contribution < 1.29 is 13.2 Å². The molecule has 0 unspecified atom stereocenters. The Morgan fingerprint density at radius 1 is 1.14 bits per heavy atom. The van der Waals surface area contributed by atoms with Gasteiger partial charge in [0.15, 0.2) is 5.03 Å². The van der Waals surface area contributed by atoms with Gasteiger partial charge >= 0.3 is 0 Å². The lowest BCUT2D eigenvalue weighted by Gasteiger charge is -2.26. The molecular weight excluding hydrogens is 376 g/mol. The molecule has 2 aromatic rings. The van der Waals surface area contributed by atoms with E-state index >= 15 is 0 Å². The quantitative estimate of drug-likeness (QED) is 0.831. The topological polar surface area (TPSA) is 84.3 Å². The molecule has 1 N–H and O–H groups in total. The number of nitrogens with zero attached hydrogens (tertiary/aromatic N) is 3. The van der Waals surface area contributed by atoms with Crippen molar-refractivity contribution in [2.75, 3.05) is 13.1 Å². The first-order valence-electron chi connectivity index (χ1n) is 9.93. The van der Waals surface area contributed by atoms with Crippen molar-refractivity contribution in [3.8, 4) is 0 Å². The maximum Gasteiger partial charge on any atom is 0.262 e. The number of piperidine rings is 1. The van der Waals surface area contributed by atoms with Crippen LogP contribution in [0.1, 0.15) is 49.3 Å². The molecule has 150 valence electrons. The second-order valence-corrected chi connectivity index (χ2v) is 9.44. The van der Waals surface area contributed by atoms with E-state index in [4.69, 9.17) is 0 Å². The molecule has 1 saturated heterocycles. The Balaban J connectivity index is 1.41. The van der Waals surface area contributed by atoms with E-state index < -0.39 is 10.0 Å². The van der Waals surface area contributed by atoms with E-state index in [0.29, 0.717) is 13.1 Å². The van der Waals surface area contributed by atoms with Crippen molar-refractivity contribution in [2.45, 2.75) is 56.1 Å². The molecule has 1 amide bonds. The van der Waals surface area contributed by atoms with Gasteiger partial charge in [-0.25, -0.2) is 13.4 Å². The van der Waals surface area contributed by atoms with Crippen LogP contribution in [0.2, 0.25) is 0 Å². The van der Waals surface area contributed by atoms with Gasteiger partial charge in [-0.05, 0) is 43.2 Å². The summed E-state index contributed by atoms with van der Waals surface area (Å²) >= 11 is 0. The average Bonchev–Trinajstić information content (AvgIpc) is 3.18. The van der Waals surface area contributed by atoms with E-state index in [1.54, 1.807) is 4.57 Å². The summed E-state index contributed by atoms with van der Waals surface area (Å²) in [6.45, 7) is 1.13. The minimum atomic E-state index is -3.57. The Labute approximate surface area is 165 Å². The summed E-state index contributed by atoms with van der Waals surface area (Å²) in [5.74, 6) is -0.138. The molecule has 0 radical (unpaired) electrons. The zero-order valence-corrected chi connectivity index (χ0v) is 16.7. The fraction of sp³-hybridized carbons (Fsp3) is 0.500. The monoisotopic (exact) mass is 402 g/mol. The molecule has 1 aromatic heterocycles. The van der Waals surface area contributed by atoms with Crippen molar-refractivity contribution in [2.24, 2.45) is 0 Å². The van der Waals surface area contributed by atoms with Crippen LogP contribution >= 0.6 is 0 Å². The first-order chi connectivity index (χ1) is 13.5. The molecule has 8 heteroatoms. The van der Waals surface area contributed by atoms with Gasteiger partial charge in [0.1, 0.15) is 6.54 Å². The number of carbonyl (C=O) groups excluding carboxylic acids is 1. The smallest absolute Gasteiger partial charge is 0.262 e. The van der Waals surface area contributed by atoms with Crippen LogP contribution in [0.5, 0.6) is 0 Å². The molecule has 2 heterocycles. The fourth-order valence-electron chi connectivity index (χ4n) is 4.11. The van der Waals surface area contributed by atoms with Crippen molar-refractivity contribution in [3.05, 3.63) is 47.9 Å². The minimum Gasteiger partial charge on any atom is -0.348 e. The second kappa shape index (κ2) is 8.05. The van der Waals surface area contributed by atoms with E-state index in [9.17, 15) is 13.2 Å². The van der Waals surface area contributed by atoms with Gasteiger partial charge in [0.05, 0.1) is 12.4 Å². The molecule has 28 heavy (non-hydrogen) atoms. The number of nitrogens with one attached hydrogen (secondary N) is 1. The molecule has 4 rings (SSSR count). The number of aromatic nitrogens is 2. The van der Waals surface area contributed by atoms with Crippen molar-refractivity contribution in [1.29, 1.82) is 0 Å². The van der Waals surface area contributed by atoms with E-state index in [0.717, 1.165) is 38.5 Å². The Hall–Kier alpha value is -2.19. The predicted molar refractivity (Wildman–Crippen MR) is 105 cm³/mol. The van der Waals surface area contributed by atoms with Crippen molar-refractivity contribution >= 4 is 15.9 Å². The molecule has 7 nitrogen and oxygen atoms in total. The highest BCUT2D eigenvalue weighted by Gasteiger charge is 2.28. The minimum absolute atomic E-state index is 0.0116. The van der Waals surface area contributed by atoms with Gasteiger partial charge in [0.25, 0.3) is 10.0 Å². The number of fused-ring (bicyclic) bond motifs is 1. The lowest BCUT2D eigenvalue weighted by Crippen LogP contribution is -2.35. The Morgan fingerprint density at radius 3 is 2.75 bits per heavy atom. The van der Waals surface area contributed by atoms with Crippen LogP contribution in [0.3, 0.4) is 0 Å². The van der Waals surface area contributed by atoms with Crippen LogP contribution in [0, 0.1) is 0 Å². The summed E-state index contributed by atoms with van der Waals surface area (Å²) < 4.78 is 28.4. The molecular formula is C20H26N4O3S. The van der Waals surface area contributed by atoms with Gasteiger partial charge in [-0.3, -0.25) is 4.79 Å². The van der Waals surface area contributed by atoms with Crippen LogP contribution in [0.15, 0.2) is 41.8 Å². The second-order valence-electron chi connectivity index (χ2n) is 7.56. The van der Waals surface area contributed by atoms with Crippen LogP contribution in [-0.4, -0.2) is 41.3 Å². The molecule has 0 spiro atoms. The highest BCUT2D eigenvalue weighted by Crippen LogP contribution is 2.29. The molecule has 2 aliphatic rings. The highest BCUT2D eigenvalue weighted by molar-refractivity contribution is 7.89. The van der Waals surface area contributed by atoms with Crippen molar-refractivity contribution in [3.63, 3.8) is 0 Å². The number of rotatable bonds is 5. The Kier molecular flexibility index (Phi) is 5.50. The largest absolute Gasteiger partial charge is 0.348 e. The normalized spacial score (nSPS) is 20.5. The van der Waals surface area contributed by atoms with Gasteiger partial charge in [0.2, 0.25) is 5.91 Å². The average molecular weight is 403 g/mol. The van der Waals surface area contributed by atoms with E-state index in [-0.39, 0.29) is 23.5 Å². The number of carbonyl (C=O) groups is 1. The van der Waals surface area contributed by atoms with Crippen LogP contribution in [-0.2, 0) is 27.8 Å². The van der Waals surface area contributed by atoms with Gasteiger partial charge in [-0.2, -0.15) is 4.31 Å². The fourth-order valence-corrected chi connectivity index (χ4v) is 5.56. The molecule has 1 aromatic carbocycles. The zero-order valence-electron chi connectivity index (χ0n) is 15.9. The maximum atomic E-state index is 12.7. The molecule has 0 saturated carbocycles. The van der Waals surface area contributed by atoms with Gasteiger partial charge in [-0.1, -0.05) is 30.7 Å². The predicted octanol–water partition coefficient (Wildman–Crippen LogP) is 2.25. The molecule has 0 bridgehead atoms. The maximum absolute atomic E-state index is 12.7. The molecule has 1 aliphatic carbocycles. The summed E-state index contributed by atoms with van der Waals surface area (Å²) in [4.78, 5) is 16.6. The summed E-state index contributed by atoms with van der Waals surface area (Å²) in [5.41, 5.74) is 2.47. The van der Waals surface area contributed by atoms with E-state index in [2.05, 4.69) is 22.4 Å². The first kappa shape index (κ1) is 19.1. The number of imidazole rings is 1. The van der Waals surface area contributed by atoms with Gasteiger partial charge in [-0.15, -0.1) is 0 Å². The Morgan fingerprint density at radius 2 is 1.93 bits per heavy atom. The van der Waals surface area contributed by atoms with Crippen LogP contribution < -0.4 is 5.32 Å². The third-order valence-electron chi connectivity index (χ3n) is 5.56. The number of benzene rings is 1. The van der Waals surface area contributed by atoms with Crippen LogP contribution in [0.4, 0.5) is 0 Å². The lowest BCUT2D eigenvalue weighted by atomic mass is 9.88. The number of hydrogen-bond donors (Lipinski definition) is 1. The number of sulfonamides is 1. The SMILES string of the molecule is O=C(Cn1cnc(S(=O)(=O)N2CCCCC2)c1)N[C@@H]1CCCc2ccccc21. The summed E-state index contributed by atoms with van der Waals surface area (Å²) in [5, 5.41) is 3.11. The van der Waals surface area contributed by atoms with Crippen molar-refractivity contribution in [1.82, 2.24) is 19.2 Å². The number of aryl methyl sites for hydroxylation is 1. The first-order valence-corrected chi connectivity index (χ1v) is 11.4. The summed E-state index contributed by atoms with van der Waals surface area (Å²) in [6, 6.07) is 8.22.